The highest BCUT2D eigenvalue weighted by Gasteiger charge is 2.57. The van der Waals surface area contributed by atoms with Gasteiger partial charge in [-0.2, -0.15) is 0 Å². The summed E-state index contributed by atoms with van der Waals surface area (Å²) in [5.41, 5.74) is 2.04. The molecule has 0 bridgehead atoms. The first-order valence-corrected chi connectivity index (χ1v) is 11.2. The van der Waals surface area contributed by atoms with Crippen molar-refractivity contribution >= 4 is 51.5 Å². The zero-order valence-electron chi connectivity index (χ0n) is 16.2. The number of fused-ring (bicyclic) bond motifs is 1. The van der Waals surface area contributed by atoms with E-state index in [1.165, 1.54) is 0 Å². The highest BCUT2D eigenvalue weighted by atomic mass is 35.5. The third kappa shape index (κ3) is 3.46. The van der Waals surface area contributed by atoms with Gasteiger partial charge in [0.2, 0.25) is 0 Å². The molecule has 8 nitrogen and oxygen atoms in total. The van der Waals surface area contributed by atoms with Crippen molar-refractivity contribution < 1.29 is 14.7 Å². The lowest BCUT2D eigenvalue weighted by Crippen LogP contribution is -2.34. The van der Waals surface area contributed by atoms with E-state index in [4.69, 9.17) is 23.2 Å². The van der Waals surface area contributed by atoms with Crippen molar-refractivity contribution in [1.29, 1.82) is 0 Å². The Labute approximate surface area is 191 Å². The van der Waals surface area contributed by atoms with Gasteiger partial charge in [0.1, 0.15) is 10.6 Å². The first-order chi connectivity index (χ1) is 14.8. The second-order valence-electron chi connectivity index (χ2n) is 7.71. The Hall–Kier alpha value is -2.62. The summed E-state index contributed by atoms with van der Waals surface area (Å²) in [5.74, 6) is -0.706. The Morgan fingerprint density at radius 1 is 1.29 bits per heavy atom. The molecule has 3 aromatic rings. The number of pyridine rings is 1. The number of thiazole rings is 1. The fraction of sp³-hybridized carbons (Fsp3) is 0.300. The van der Waals surface area contributed by atoms with Crippen LogP contribution >= 0.6 is 34.5 Å². The molecule has 3 atom stereocenters. The number of rotatable bonds is 5. The van der Waals surface area contributed by atoms with Gasteiger partial charge in [-0.05, 0) is 19.1 Å². The number of anilines is 1. The SMILES string of the molecule is Cc1[nH]c(C(=O)NC2[C@H]3CN(c4nc(-c5cccnc5)c(C(=O)O)s4)C[C@@H]23)c(Cl)c1Cl. The predicted octanol–water partition coefficient (Wildman–Crippen LogP) is 3.71. The molecule has 1 saturated carbocycles. The Kier molecular flexibility index (Phi) is 4.91. The van der Waals surface area contributed by atoms with Gasteiger partial charge in [0.05, 0.1) is 15.7 Å². The van der Waals surface area contributed by atoms with Crippen molar-refractivity contribution in [3.63, 3.8) is 0 Å². The molecule has 0 spiro atoms. The van der Waals surface area contributed by atoms with Crippen molar-refractivity contribution in [3.05, 3.63) is 50.8 Å². The molecule has 5 rings (SSSR count). The summed E-state index contributed by atoms with van der Waals surface area (Å²) in [4.78, 5) is 38.1. The lowest BCUT2D eigenvalue weighted by Gasteiger charge is -2.19. The number of halogens is 2. The number of piperidine rings is 1. The molecule has 0 aromatic carbocycles. The van der Waals surface area contributed by atoms with E-state index in [-0.39, 0.29) is 39.4 Å². The smallest absolute Gasteiger partial charge is 0.348 e. The van der Waals surface area contributed by atoms with Gasteiger partial charge in [0, 0.05) is 54.6 Å². The van der Waals surface area contributed by atoms with Crippen LogP contribution in [0.1, 0.15) is 25.9 Å². The van der Waals surface area contributed by atoms with Gasteiger partial charge < -0.3 is 20.3 Å². The molecule has 1 unspecified atom stereocenters. The third-order valence-corrected chi connectivity index (χ3v) is 7.84. The molecule has 1 saturated heterocycles. The van der Waals surface area contributed by atoms with Gasteiger partial charge in [-0.1, -0.05) is 34.5 Å². The molecule has 160 valence electrons. The van der Waals surface area contributed by atoms with Crippen molar-refractivity contribution in [1.82, 2.24) is 20.3 Å². The maximum atomic E-state index is 12.6. The fourth-order valence-corrected chi connectivity index (χ4v) is 5.50. The molecular weight excluding hydrogens is 461 g/mol. The summed E-state index contributed by atoms with van der Waals surface area (Å²) in [6.07, 6.45) is 3.24. The number of carboxylic acids is 1. The van der Waals surface area contributed by atoms with Crippen LogP contribution in [0.5, 0.6) is 0 Å². The number of hydrogen-bond donors (Lipinski definition) is 3. The maximum Gasteiger partial charge on any atom is 0.348 e. The lowest BCUT2D eigenvalue weighted by atomic mass is 10.2. The normalized spacial score (nSPS) is 21.8. The number of carbonyl (C=O) groups excluding carboxylic acids is 1. The lowest BCUT2D eigenvalue weighted by molar-refractivity contribution is 0.0702. The summed E-state index contributed by atoms with van der Waals surface area (Å²) in [6.45, 7) is 3.16. The number of nitrogens with one attached hydrogen (secondary N) is 2. The minimum absolute atomic E-state index is 0.0545. The number of amides is 1. The Morgan fingerprint density at radius 2 is 2.03 bits per heavy atom. The average molecular weight is 478 g/mol. The average Bonchev–Trinajstić information content (AvgIpc) is 3.16. The van der Waals surface area contributed by atoms with Crippen LogP contribution in [0.25, 0.3) is 11.3 Å². The van der Waals surface area contributed by atoms with Gasteiger partial charge in [0.15, 0.2) is 5.13 Å². The highest BCUT2D eigenvalue weighted by Crippen LogP contribution is 2.48. The van der Waals surface area contributed by atoms with Crippen LogP contribution in [-0.4, -0.2) is 51.1 Å². The molecule has 1 amide bonds. The van der Waals surface area contributed by atoms with E-state index >= 15 is 0 Å². The van der Waals surface area contributed by atoms with E-state index in [0.29, 0.717) is 40.2 Å². The van der Waals surface area contributed by atoms with Crippen LogP contribution in [0.15, 0.2) is 24.5 Å². The zero-order valence-corrected chi connectivity index (χ0v) is 18.6. The Balaban J connectivity index is 1.28. The van der Waals surface area contributed by atoms with E-state index in [1.807, 2.05) is 0 Å². The molecule has 31 heavy (non-hydrogen) atoms. The molecule has 3 aromatic heterocycles. The fourth-order valence-electron chi connectivity index (χ4n) is 4.14. The van der Waals surface area contributed by atoms with Crippen molar-refractivity contribution in [2.75, 3.05) is 18.0 Å². The summed E-state index contributed by atoms with van der Waals surface area (Å²) in [6, 6.07) is 3.60. The van der Waals surface area contributed by atoms with Crippen molar-refractivity contribution in [2.45, 2.75) is 13.0 Å². The topological polar surface area (TPSA) is 111 Å². The minimum Gasteiger partial charge on any atom is -0.477 e. The largest absolute Gasteiger partial charge is 0.477 e. The molecule has 2 fully saturated rings. The summed E-state index contributed by atoms with van der Waals surface area (Å²) in [5, 5.41) is 13.9. The molecule has 1 aliphatic carbocycles. The summed E-state index contributed by atoms with van der Waals surface area (Å²) >= 11 is 13.4. The number of aryl methyl sites for hydroxylation is 1. The van der Waals surface area contributed by atoms with Crippen molar-refractivity contribution in [2.24, 2.45) is 11.8 Å². The van der Waals surface area contributed by atoms with Crippen LogP contribution in [-0.2, 0) is 0 Å². The summed E-state index contributed by atoms with van der Waals surface area (Å²) in [7, 11) is 0. The molecule has 4 heterocycles. The first kappa shape index (κ1) is 20.3. The van der Waals surface area contributed by atoms with Crippen molar-refractivity contribution in [3.8, 4) is 11.3 Å². The molecule has 2 aliphatic rings. The summed E-state index contributed by atoms with van der Waals surface area (Å²) < 4.78 is 0. The number of H-pyrrole nitrogens is 1. The van der Waals surface area contributed by atoms with E-state index in [1.54, 1.807) is 31.5 Å². The van der Waals surface area contributed by atoms with Crippen LogP contribution in [0.4, 0.5) is 5.13 Å². The predicted molar refractivity (Wildman–Crippen MR) is 118 cm³/mol. The minimum atomic E-state index is -1.01. The number of aromatic carboxylic acids is 1. The molecule has 3 N–H and O–H groups in total. The number of aromatic nitrogens is 3. The quantitative estimate of drug-likeness (QED) is 0.516. The maximum absolute atomic E-state index is 12.6. The van der Waals surface area contributed by atoms with Crippen LogP contribution in [0.2, 0.25) is 10.0 Å². The molecule has 1 aliphatic heterocycles. The van der Waals surface area contributed by atoms with Crippen LogP contribution in [0.3, 0.4) is 0 Å². The van der Waals surface area contributed by atoms with Crippen LogP contribution < -0.4 is 10.2 Å². The third-order valence-electron chi connectivity index (χ3n) is 5.79. The van der Waals surface area contributed by atoms with Gasteiger partial charge in [-0.3, -0.25) is 9.78 Å². The van der Waals surface area contributed by atoms with Gasteiger partial charge in [-0.25, -0.2) is 9.78 Å². The number of carbonyl (C=O) groups is 2. The molecular formula is C20H17Cl2N5O3S. The monoisotopic (exact) mass is 477 g/mol. The van der Waals surface area contributed by atoms with Gasteiger partial charge >= 0.3 is 5.97 Å². The van der Waals surface area contributed by atoms with E-state index in [9.17, 15) is 14.7 Å². The van der Waals surface area contributed by atoms with Gasteiger partial charge in [-0.15, -0.1) is 0 Å². The second-order valence-corrected chi connectivity index (χ2v) is 9.44. The highest BCUT2D eigenvalue weighted by molar-refractivity contribution is 7.17. The van der Waals surface area contributed by atoms with Crippen LogP contribution in [0, 0.1) is 18.8 Å². The molecule has 11 heteroatoms. The second kappa shape index (κ2) is 7.51. The van der Waals surface area contributed by atoms with Gasteiger partial charge in [0.25, 0.3) is 5.91 Å². The number of aromatic amines is 1. The zero-order chi connectivity index (χ0) is 21.9. The standard InChI is InChI=1S/C20H17Cl2N5O3S/c1-8-12(21)13(22)16(24-8)18(28)25-15-10-6-27(7-11(10)15)20-26-14(17(31-20)19(29)30)9-3-2-4-23-5-9/h2-5,10-11,15,24H,6-7H2,1H3,(H,25,28)(H,29,30)/t10-,11+,15?. The first-order valence-electron chi connectivity index (χ1n) is 9.59. The van der Waals surface area contributed by atoms with E-state index in [2.05, 4.69) is 25.2 Å². The number of carboxylic acid groups (broad SMARTS) is 1. The number of hydrogen-bond acceptors (Lipinski definition) is 6. The Morgan fingerprint density at radius 3 is 2.61 bits per heavy atom. The molecule has 0 radical (unpaired) electrons. The van der Waals surface area contributed by atoms with E-state index in [0.717, 1.165) is 11.3 Å². The number of nitrogens with zero attached hydrogens (tertiary/aromatic N) is 3. The Bertz CT molecular complexity index is 1180. The van der Waals surface area contributed by atoms with E-state index < -0.39 is 5.97 Å².